The molecule has 3 aromatic rings. The Balaban J connectivity index is 1.55. The van der Waals surface area contributed by atoms with Crippen LogP contribution in [0.4, 0.5) is 11.5 Å². The maximum atomic E-state index is 12.5. The zero-order valence-corrected chi connectivity index (χ0v) is 15.9. The van der Waals surface area contributed by atoms with Gasteiger partial charge in [0, 0.05) is 12.7 Å². The van der Waals surface area contributed by atoms with Gasteiger partial charge in [-0.15, -0.1) is 0 Å². The Bertz CT molecular complexity index is 1090. The summed E-state index contributed by atoms with van der Waals surface area (Å²) in [5, 5.41) is 14.4. The third-order valence-electron chi connectivity index (χ3n) is 5.11. The van der Waals surface area contributed by atoms with Crippen LogP contribution in [0.1, 0.15) is 37.7 Å². The molecule has 1 aliphatic carbocycles. The SMILES string of the molecule is O=c1c([N+](=O)[O-])c(NCc2cccc(OC3CCCCC3)c2)nc2ccccn12. The molecule has 29 heavy (non-hydrogen) atoms. The lowest BCUT2D eigenvalue weighted by Gasteiger charge is -2.23. The zero-order chi connectivity index (χ0) is 20.2. The van der Waals surface area contributed by atoms with Gasteiger partial charge in [0.2, 0.25) is 5.82 Å². The Morgan fingerprint density at radius 3 is 2.79 bits per heavy atom. The molecule has 0 amide bonds. The van der Waals surface area contributed by atoms with Crippen molar-refractivity contribution < 1.29 is 9.66 Å². The first-order valence-electron chi connectivity index (χ1n) is 9.77. The smallest absolute Gasteiger partial charge is 0.376 e. The van der Waals surface area contributed by atoms with E-state index in [9.17, 15) is 14.9 Å². The number of nitrogens with zero attached hydrogens (tertiary/aromatic N) is 3. The second-order valence-corrected chi connectivity index (χ2v) is 7.18. The van der Waals surface area contributed by atoms with Crippen LogP contribution in [-0.2, 0) is 6.54 Å². The van der Waals surface area contributed by atoms with Crippen LogP contribution in [0.15, 0.2) is 53.5 Å². The molecule has 0 spiro atoms. The Labute approximate surface area is 167 Å². The van der Waals surface area contributed by atoms with E-state index >= 15 is 0 Å². The third kappa shape index (κ3) is 4.21. The number of nitro groups is 1. The summed E-state index contributed by atoms with van der Waals surface area (Å²) < 4.78 is 7.25. The predicted octanol–water partition coefficient (Wildman–Crippen LogP) is 3.93. The molecule has 2 aromatic heterocycles. The van der Waals surface area contributed by atoms with Crippen LogP contribution in [0.3, 0.4) is 0 Å². The Morgan fingerprint density at radius 2 is 2.00 bits per heavy atom. The van der Waals surface area contributed by atoms with E-state index in [2.05, 4.69) is 10.3 Å². The molecule has 4 rings (SSSR count). The van der Waals surface area contributed by atoms with Gasteiger partial charge < -0.3 is 10.1 Å². The van der Waals surface area contributed by atoms with Crippen LogP contribution in [0.5, 0.6) is 5.75 Å². The van der Waals surface area contributed by atoms with Crippen molar-refractivity contribution in [3.05, 3.63) is 74.7 Å². The van der Waals surface area contributed by atoms with E-state index in [0.29, 0.717) is 5.65 Å². The summed E-state index contributed by atoms with van der Waals surface area (Å²) in [7, 11) is 0. The molecule has 1 saturated carbocycles. The van der Waals surface area contributed by atoms with E-state index in [1.54, 1.807) is 18.2 Å². The summed E-state index contributed by atoms with van der Waals surface area (Å²) in [5.74, 6) is 0.752. The number of aromatic nitrogens is 2. The summed E-state index contributed by atoms with van der Waals surface area (Å²) in [6.07, 6.45) is 7.50. The monoisotopic (exact) mass is 394 g/mol. The predicted molar refractivity (Wildman–Crippen MR) is 109 cm³/mol. The third-order valence-corrected chi connectivity index (χ3v) is 5.11. The fraction of sp³-hybridized carbons (Fsp3) is 0.333. The summed E-state index contributed by atoms with van der Waals surface area (Å²) in [6, 6.07) is 12.6. The Kier molecular flexibility index (Phi) is 5.41. The van der Waals surface area contributed by atoms with Gasteiger partial charge in [-0.3, -0.25) is 19.3 Å². The van der Waals surface area contributed by atoms with Gasteiger partial charge in [-0.25, -0.2) is 4.98 Å². The van der Waals surface area contributed by atoms with Gasteiger partial charge in [0.1, 0.15) is 11.4 Å². The number of ether oxygens (including phenoxy) is 1. The molecule has 1 fully saturated rings. The highest BCUT2D eigenvalue weighted by Crippen LogP contribution is 2.25. The quantitative estimate of drug-likeness (QED) is 0.502. The molecule has 1 N–H and O–H groups in total. The van der Waals surface area contributed by atoms with Crippen molar-refractivity contribution >= 4 is 17.2 Å². The van der Waals surface area contributed by atoms with Crippen molar-refractivity contribution in [2.45, 2.75) is 44.8 Å². The molecule has 0 radical (unpaired) electrons. The van der Waals surface area contributed by atoms with Crippen LogP contribution < -0.4 is 15.6 Å². The van der Waals surface area contributed by atoms with Gasteiger partial charge in [-0.05, 0) is 55.5 Å². The normalized spacial score (nSPS) is 14.6. The van der Waals surface area contributed by atoms with Crippen molar-refractivity contribution in [1.29, 1.82) is 0 Å². The fourth-order valence-electron chi connectivity index (χ4n) is 3.66. The molecule has 0 atom stereocenters. The molecule has 8 heteroatoms. The number of pyridine rings is 1. The molecule has 2 heterocycles. The lowest BCUT2D eigenvalue weighted by molar-refractivity contribution is -0.385. The minimum atomic E-state index is -0.711. The molecular formula is C21H22N4O4. The summed E-state index contributed by atoms with van der Waals surface area (Å²) in [6.45, 7) is 0.290. The summed E-state index contributed by atoms with van der Waals surface area (Å²) >= 11 is 0. The second-order valence-electron chi connectivity index (χ2n) is 7.18. The van der Waals surface area contributed by atoms with E-state index < -0.39 is 16.2 Å². The van der Waals surface area contributed by atoms with Crippen LogP contribution in [0.2, 0.25) is 0 Å². The minimum Gasteiger partial charge on any atom is -0.490 e. The average molecular weight is 394 g/mol. The highest BCUT2D eigenvalue weighted by molar-refractivity contribution is 5.60. The van der Waals surface area contributed by atoms with Gasteiger partial charge in [-0.2, -0.15) is 0 Å². The van der Waals surface area contributed by atoms with Gasteiger partial charge in [0.05, 0.1) is 11.0 Å². The van der Waals surface area contributed by atoms with E-state index in [1.165, 1.54) is 29.9 Å². The maximum Gasteiger partial charge on any atom is 0.376 e. The van der Waals surface area contributed by atoms with E-state index in [1.807, 2.05) is 24.3 Å². The Morgan fingerprint density at radius 1 is 1.17 bits per heavy atom. The van der Waals surface area contributed by atoms with Gasteiger partial charge in [0.15, 0.2) is 0 Å². The summed E-state index contributed by atoms with van der Waals surface area (Å²) in [4.78, 5) is 27.5. The van der Waals surface area contributed by atoms with Gasteiger partial charge >= 0.3 is 11.2 Å². The van der Waals surface area contributed by atoms with E-state index in [0.717, 1.165) is 24.2 Å². The van der Waals surface area contributed by atoms with Gasteiger partial charge in [-0.1, -0.05) is 24.6 Å². The van der Waals surface area contributed by atoms with Crippen molar-refractivity contribution in [3.63, 3.8) is 0 Å². The molecule has 0 saturated heterocycles. The number of anilines is 1. The van der Waals surface area contributed by atoms with Crippen LogP contribution in [-0.4, -0.2) is 20.4 Å². The number of hydrogen-bond acceptors (Lipinski definition) is 6. The van der Waals surface area contributed by atoms with Crippen molar-refractivity contribution in [1.82, 2.24) is 9.38 Å². The highest BCUT2D eigenvalue weighted by atomic mass is 16.6. The number of benzene rings is 1. The molecule has 1 aliphatic rings. The largest absolute Gasteiger partial charge is 0.490 e. The maximum absolute atomic E-state index is 12.5. The van der Waals surface area contributed by atoms with E-state index in [-0.39, 0.29) is 18.5 Å². The number of fused-ring (bicyclic) bond motifs is 1. The lowest BCUT2D eigenvalue weighted by Crippen LogP contribution is -2.21. The van der Waals surface area contributed by atoms with Crippen LogP contribution in [0.25, 0.3) is 5.65 Å². The van der Waals surface area contributed by atoms with E-state index in [4.69, 9.17) is 4.74 Å². The van der Waals surface area contributed by atoms with Crippen molar-refractivity contribution in [2.24, 2.45) is 0 Å². The first kappa shape index (κ1) is 18.9. The van der Waals surface area contributed by atoms with Crippen LogP contribution >= 0.6 is 0 Å². The first-order valence-corrected chi connectivity index (χ1v) is 9.77. The van der Waals surface area contributed by atoms with Gasteiger partial charge in [0.25, 0.3) is 0 Å². The molecule has 1 aromatic carbocycles. The molecule has 150 valence electrons. The average Bonchev–Trinajstić information content (AvgIpc) is 2.73. The standard InChI is InChI=1S/C21H22N4O4/c26-21-19(25(27)28)20(23-18-11-4-5-12-24(18)21)22-14-15-7-6-10-17(13-15)29-16-8-2-1-3-9-16/h4-7,10-13,16,22H,1-3,8-9,14H2. The topological polar surface area (TPSA) is 98.8 Å². The number of nitrogens with one attached hydrogen (secondary N) is 1. The Hall–Kier alpha value is -3.42. The molecule has 0 aliphatic heterocycles. The minimum absolute atomic E-state index is 0.0372. The van der Waals surface area contributed by atoms with Crippen molar-refractivity contribution in [2.75, 3.05) is 5.32 Å². The lowest BCUT2D eigenvalue weighted by atomic mass is 9.98. The fourth-order valence-corrected chi connectivity index (χ4v) is 3.66. The molecule has 0 bridgehead atoms. The number of rotatable bonds is 6. The van der Waals surface area contributed by atoms with Crippen LogP contribution in [0, 0.1) is 10.1 Å². The second kappa shape index (κ2) is 8.30. The molecule has 0 unspecified atom stereocenters. The first-order chi connectivity index (χ1) is 14.1. The molecular weight excluding hydrogens is 372 g/mol. The summed E-state index contributed by atoms with van der Waals surface area (Å²) in [5.41, 5.74) is -0.0385. The highest BCUT2D eigenvalue weighted by Gasteiger charge is 2.23. The molecule has 8 nitrogen and oxygen atoms in total. The zero-order valence-electron chi connectivity index (χ0n) is 15.9. The van der Waals surface area contributed by atoms with Crippen molar-refractivity contribution in [3.8, 4) is 5.75 Å². The number of hydrogen-bond donors (Lipinski definition) is 1.